The fourth-order valence-electron chi connectivity index (χ4n) is 5.60. The van der Waals surface area contributed by atoms with Crippen LogP contribution in [0.2, 0.25) is 0 Å². The minimum Gasteiger partial charge on any atom is -0.474 e. The van der Waals surface area contributed by atoms with E-state index in [-0.39, 0.29) is 22.0 Å². The van der Waals surface area contributed by atoms with E-state index in [1.807, 2.05) is 0 Å². The lowest BCUT2D eigenvalue weighted by Gasteiger charge is -2.36. The molecule has 1 aromatic carbocycles. The summed E-state index contributed by atoms with van der Waals surface area (Å²) in [5.74, 6) is 0.593. The number of nitrogens with zero attached hydrogens (tertiary/aromatic N) is 3. The third kappa shape index (κ3) is 4.33. The Hall–Kier alpha value is -2.26. The van der Waals surface area contributed by atoms with Gasteiger partial charge in [-0.1, -0.05) is 0 Å². The molecular formula is C24H30FN3O4S. The minimum absolute atomic E-state index is 0.0407. The maximum absolute atomic E-state index is 14.8. The van der Waals surface area contributed by atoms with Crippen LogP contribution in [-0.4, -0.2) is 49.5 Å². The molecule has 0 unspecified atom stereocenters. The van der Waals surface area contributed by atoms with Crippen LogP contribution >= 0.6 is 0 Å². The Kier molecular flexibility index (Phi) is 5.40. The number of rotatable bonds is 4. The molecule has 1 aromatic heterocycles. The van der Waals surface area contributed by atoms with Gasteiger partial charge in [0.15, 0.2) is 9.84 Å². The lowest BCUT2D eigenvalue weighted by molar-refractivity contribution is 0.0228. The maximum atomic E-state index is 14.8. The molecule has 3 aliphatic rings. The predicted octanol–water partition coefficient (Wildman–Crippen LogP) is 4.22. The average molecular weight is 476 g/mol. The number of hydrogen-bond acceptors (Lipinski definition) is 7. The highest BCUT2D eigenvalue weighted by Gasteiger charge is 2.46. The molecule has 2 fully saturated rings. The van der Waals surface area contributed by atoms with Crippen molar-refractivity contribution in [2.45, 2.75) is 69.0 Å². The van der Waals surface area contributed by atoms with Crippen LogP contribution in [0.15, 0.2) is 29.4 Å². The first kappa shape index (κ1) is 22.5. The SMILES string of the molecule is CC1(C)CC2(CCC(Oc3ncnc4c3CCN4c3ccc(S(C)(=O)=O)cc3F)CC2)CO1. The van der Waals surface area contributed by atoms with Gasteiger partial charge in [-0.25, -0.2) is 22.8 Å². The first-order valence-corrected chi connectivity index (χ1v) is 13.4. The fourth-order valence-corrected chi connectivity index (χ4v) is 6.23. The van der Waals surface area contributed by atoms with E-state index in [0.29, 0.717) is 30.4 Å². The van der Waals surface area contributed by atoms with Gasteiger partial charge in [-0.05, 0) is 76.0 Å². The summed E-state index contributed by atoms with van der Waals surface area (Å²) in [4.78, 5) is 10.5. The summed E-state index contributed by atoms with van der Waals surface area (Å²) in [7, 11) is -3.48. The molecule has 9 heteroatoms. The van der Waals surface area contributed by atoms with E-state index < -0.39 is 15.7 Å². The number of anilines is 2. The molecular weight excluding hydrogens is 445 g/mol. The molecule has 1 saturated heterocycles. The van der Waals surface area contributed by atoms with Crippen molar-refractivity contribution in [3.05, 3.63) is 35.9 Å². The van der Waals surface area contributed by atoms with Crippen molar-refractivity contribution in [2.75, 3.05) is 24.3 Å². The Morgan fingerprint density at radius 1 is 1.21 bits per heavy atom. The van der Waals surface area contributed by atoms with Crippen molar-refractivity contribution in [3.63, 3.8) is 0 Å². The smallest absolute Gasteiger partial charge is 0.222 e. The largest absolute Gasteiger partial charge is 0.474 e. The summed E-state index contributed by atoms with van der Waals surface area (Å²) in [6.07, 6.45) is 8.43. The molecule has 178 valence electrons. The Morgan fingerprint density at radius 3 is 2.61 bits per heavy atom. The van der Waals surface area contributed by atoms with E-state index in [0.717, 1.165) is 56.6 Å². The molecule has 0 radical (unpaired) electrons. The van der Waals surface area contributed by atoms with Crippen molar-refractivity contribution in [1.29, 1.82) is 0 Å². The van der Waals surface area contributed by atoms with E-state index in [1.54, 1.807) is 4.90 Å². The number of halogens is 1. The maximum Gasteiger partial charge on any atom is 0.222 e. The van der Waals surface area contributed by atoms with Crippen LogP contribution in [0.1, 0.15) is 51.5 Å². The van der Waals surface area contributed by atoms with Crippen LogP contribution < -0.4 is 9.64 Å². The number of ether oxygens (including phenoxy) is 2. The van der Waals surface area contributed by atoms with E-state index in [4.69, 9.17) is 9.47 Å². The third-order valence-corrected chi connectivity index (χ3v) is 8.31. The van der Waals surface area contributed by atoms with Crippen molar-refractivity contribution >= 4 is 21.3 Å². The van der Waals surface area contributed by atoms with Crippen LogP contribution in [0, 0.1) is 11.2 Å². The molecule has 2 aliphatic heterocycles. The molecule has 3 heterocycles. The van der Waals surface area contributed by atoms with Crippen molar-refractivity contribution in [3.8, 4) is 5.88 Å². The first-order valence-electron chi connectivity index (χ1n) is 11.5. The van der Waals surface area contributed by atoms with Gasteiger partial charge in [-0.3, -0.25) is 0 Å². The van der Waals surface area contributed by atoms with Gasteiger partial charge < -0.3 is 14.4 Å². The second-order valence-corrected chi connectivity index (χ2v) is 12.3. The van der Waals surface area contributed by atoms with Crippen LogP contribution in [0.25, 0.3) is 0 Å². The topological polar surface area (TPSA) is 81.6 Å². The monoisotopic (exact) mass is 475 g/mol. The van der Waals surface area contributed by atoms with Crippen LogP contribution in [0.3, 0.4) is 0 Å². The highest BCUT2D eigenvalue weighted by Crippen LogP contribution is 2.49. The third-order valence-electron chi connectivity index (χ3n) is 7.20. The van der Waals surface area contributed by atoms with Crippen LogP contribution in [0.4, 0.5) is 15.9 Å². The number of hydrogen-bond donors (Lipinski definition) is 0. The highest BCUT2D eigenvalue weighted by molar-refractivity contribution is 7.90. The van der Waals surface area contributed by atoms with Gasteiger partial charge in [0.25, 0.3) is 0 Å². The van der Waals surface area contributed by atoms with Crippen molar-refractivity contribution in [2.24, 2.45) is 5.41 Å². The normalized spacial score (nSPS) is 26.5. The number of aromatic nitrogens is 2. The van der Waals surface area contributed by atoms with Crippen LogP contribution in [-0.2, 0) is 21.0 Å². The number of benzene rings is 1. The summed E-state index contributed by atoms with van der Waals surface area (Å²) < 4.78 is 50.6. The van der Waals surface area contributed by atoms with E-state index in [9.17, 15) is 12.8 Å². The zero-order chi connectivity index (χ0) is 23.4. The summed E-state index contributed by atoms with van der Waals surface area (Å²) in [5, 5.41) is 0. The molecule has 0 N–H and O–H groups in total. The molecule has 7 nitrogen and oxygen atoms in total. The Labute approximate surface area is 194 Å². The van der Waals surface area contributed by atoms with Gasteiger partial charge in [-0.15, -0.1) is 0 Å². The Morgan fingerprint density at radius 2 is 1.97 bits per heavy atom. The molecule has 1 saturated carbocycles. The molecule has 1 aliphatic carbocycles. The lowest BCUT2D eigenvalue weighted by atomic mass is 9.70. The second kappa shape index (κ2) is 7.91. The molecule has 0 atom stereocenters. The standard InChI is InChI=1S/C24H30FN3O4S/c1-23(2)13-24(14-31-23)9-6-16(7-10-24)32-22-18-8-11-28(21(18)26-15-27-22)20-5-4-17(12-19(20)25)33(3,29)30/h4-5,12,15-16H,6-11,13-14H2,1-3H3. The van der Waals surface area contributed by atoms with Gasteiger partial charge in [-0.2, -0.15) is 0 Å². The second-order valence-electron chi connectivity index (χ2n) is 10.3. The summed E-state index contributed by atoms with van der Waals surface area (Å²) in [5.41, 5.74) is 1.40. The van der Waals surface area contributed by atoms with Crippen molar-refractivity contribution < 1.29 is 22.3 Å². The van der Waals surface area contributed by atoms with Gasteiger partial charge in [0.05, 0.1) is 28.4 Å². The fraction of sp³-hybridized carbons (Fsp3) is 0.583. The van der Waals surface area contributed by atoms with Crippen molar-refractivity contribution in [1.82, 2.24) is 9.97 Å². The number of fused-ring (bicyclic) bond motifs is 1. The molecule has 1 spiro atoms. The minimum atomic E-state index is -3.48. The summed E-state index contributed by atoms with van der Waals surface area (Å²) >= 11 is 0. The van der Waals surface area contributed by atoms with E-state index >= 15 is 0 Å². The van der Waals surface area contributed by atoms with E-state index in [2.05, 4.69) is 23.8 Å². The van der Waals surface area contributed by atoms with Gasteiger partial charge in [0.2, 0.25) is 5.88 Å². The average Bonchev–Trinajstić information content (AvgIpc) is 3.31. The summed E-state index contributed by atoms with van der Waals surface area (Å²) in [6, 6.07) is 3.98. The molecule has 0 bridgehead atoms. The summed E-state index contributed by atoms with van der Waals surface area (Å²) in [6.45, 7) is 5.68. The van der Waals surface area contributed by atoms with E-state index in [1.165, 1.54) is 18.5 Å². The molecule has 0 amide bonds. The van der Waals surface area contributed by atoms with Crippen LogP contribution in [0.5, 0.6) is 5.88 Å². The lowest BCUT2D eigenvalue weighted by Crippen LogP contribution is -2.33. The quantitative estimate of drug-likeness (QED) is 0.655. The van der Waals surface area contributed by atoms with Gasteiger partial charge in [0, 0.05) is 12.8 Å². The van der Waals surface area contributed by atoms with Gasteiger partial charge in [0.1, 0.15) is 24.1 Å². The first-order chi connectivity index (χ1) is 15.6. The molecule has 2 aromatic rings. The Bertz CT molecular complexity index is 1180. The zero-order valence-corrected chi connectivity index (χ0v) is 20.1. The highest BCUT2D eigenvalue weighted by atomic mass is 32.2. The Balaban J connectivity index is 1.32. The number of sulfone groups is 1. The molecule has 5 rings (SSSR count). The molecule has 33 heavy (non-hydrogen) atoms. The predicted molar refractivity (Wildman–Crippen MR) is 122 cm³/mol. The van der Waals surface area contributed by atoms with Gasteiger partial charge >= 0.3 is 0 Å². The zero-order valence-electron chi connectivity index (χ0n) is 19.3.